The highest BCUT2D eigenvalue weighted by Crippen LogP contribution is 2.19. The molecule has 1 fully saturated rings. The Morgan fingerprint density at radius 1 is 1.35 bits per heavy atom. The van der Waals surface area contributed by atoms with Crippen LogP contribution in [0.1, 0.15) is 26.2 Å². The Bertz CT molecular complexity index is 537. The molecule has 1 aromatic heterocycles. The first-order chi connectivity index (χ1) is 11.0. The predicted octanol–water partition coefficient (Wildman–Crippen LogP) is 1.95. The summed E-state index contributed by atoms with van der Waals surface area (Å²) in [5, 5.41) is 2.75. The van der Waals surface area contributed by atoms with E-state index in [-0.39, 0.29) is 18.0 Å². The molecule has 1 aromatic rings. The highest BCUT2D eigenvalue weighted by Gasteiger charge is 2.24. The molecule has 23 heavy (non-hydrogen) atoms. The molecule has 0 radical (unpaired) electrons. The fourth-order valence-corrected chi connectivity index (χ4v) is 2.39. The van der Waals surface area contributed by atoms with Crippen molar-refractivity contribution in [2.24, 2.45) is 0 Å². The van der Waals surface area contributed by atoms with Crippen molar-refractivity contribution in [1.82, 2.24) is 14.8 Å². The summed E-state index contributed by atoms with van der Waals surface area (Å²) in [7, 11) is 3.52. The number of hydrogen-bond acceptors (Lipinski definition) is 4. The molecule has 7 heteroatoms. The number of likely N-dealkylation sites (tertiary alicyclic amines) is 1. The van der Waals surface area contributed by atoms with Crippen LogP contribution in [0.3, 0.4) is 0 Å². The number of hydrogen-bond donors (Lipinski definition) is 1. The van der Waals surface area contributed by atoms with Crippen LogP contribution in [0.15, 0.2) is 18.3 Å². The van der Waals surface area contributed by atoms with Gasteiger partial charge < -0.3 is 19.9 Å². The second-order valence-electron chi connectivity index (χ2n) is 5.77. The van der Waals surface area contributed by atoms with Gasteiger partial charge in [-0.15, -0.1) is 0 Å². The molecule has 0 spiro atoms. The van der Waals surface area contributed by atoms with Crippen molar-refractivity contribution >= 4 is 17.6 Å². The SMILES string of the molecule is CCC(=O)Nc1ccc(OC2CCN(C(=O)N(C)C)CC2)nc1. The third-order valence-electron chi connectivity index (χ3n) is 3.72. The number of carbonyl (C=O) groups is 2. The molecule has 3 amide bonds. The number of nitrogens with zero attached hydrogens (tertiary/aromatic N) is 3. The topological polar surface area (TPSA) is 74.8 Å². The van der Waals surface area contributed by atoms with Gasteiger partial charge in [-0.05, 0) is 6.07 Å². The van der Waals surface area contributed by atoms with Gasteiger partial charge in [-0.3, -0.25) is 4.79 Å². The number of pyridine rings is 1. The minimum Gasteiger partial charge on any atom is -0.474 e. The van der Waals surface area contributed by atoms with E-state index in [1.165, 1.54) is 0 Å². The monoisotopic (exact) mass is 320 g/mol. The van der Waals surface area contributed by atoms with Gasteiger partial charge in [-0.2, -0.15) is 0 Å². The van der Waals surface area contributed by atoms with E-state index in [9.17, 15) is 9.59 Å². The third-order valence-corrected chi connectivity index (χ3v) is 3.72. The third kappa shape index (κ3) is 4.84. The van der Waals surface area contributed by atoms with Crippen LogP contribution in [-0.2, 0) is 4.79 Å². The highest BCUT2D eigenvalue weighted by molar-refractivity contribution is 5.90. The van der Waals surface area contributed by atoms with Crippen LogP contribution in [0, 0.1) is 0 Å². The fourth-order valence-electron chi connectivity index (χ4n) is 2.39. The summed E-state index contributed by atoms with van der Waals surface area (Å²) >= 11 is 0. The van der Waals surface area contributed by atoms with E-state index in [4.69, 9.17) is 4.74 Å². The summed E-state index contributed by atoms with van der Waals surface area (Å²) < 4.78 is 5.85. The minimum atomic E-state index is -0.0431. The molecule has 0 unspecified atom stereocenters. The average molecular weight is 320 g/mol. The van der Waals surface area contributed by atoms with Crippen molar-refractivity contribution in [1.29, 1.82) is 0 Å². The van der Waals surface area contributed by atoms with Crippen molar-refractivity contribution in [3.05, 3.63) is 18.3 Å². The molecule has 0 atom stereocenters. The molecule has 1 saturated heterocycles. The Balaban J connectivity index is 1.82. The first-order valence-electron chi connectivity index (χ1n) is 7.88. The van der Waals surface area contributed by atoms with Crippen LogP contribution in [0.2, 0.25) is 0 Å². The van der Waals surface area contributed by atoms with E-state index in [0.29, 0.717) is 31.1 Å². The van der Waals surface area contributed by atoms with Crippen LogP contribution in [0.25, 0.3) is 0 Å². The molecule has 0 aliphatic carbocycles. The first-order valence-corrected chi connectivity index (χ1v) is 7.88. The summed E-state index contributed by atoms with van der Waals surface area (Å²) in [6.45, 7) is 3.17. The van der Waals surface area contributed by atoms with Crippen molar-refractivity contribution in [3.63, 3.8) is 0 Å². The predicted molar refractivity (Wildman–Crippen MR) is 87.5 cm³/mol. The number of carbonyl (C=O) groups excluding carboxylic acids is 2. The summed E-state index contributed by atoms with van der Waals surface area (Å²) in [6.07, 6.45) is 3.66. The molecule has 0 saturated carbocycles. The average Bonchev–Trinajstić information content (AvgIpc) is 2.56. The number of rotatable bonds is 4. The lowest BCUT2D eigenvalue weighted by atomic mass is 10.1. The number of amides is 3. The second-order valence-corrected chi connectivity index (χ2v) is 5.77. The standard InChI is InChI=1S/C16H24N4O3/c1-4-14(21)18-12-5-6-15(17-11-12)23-13-7-9-20(10-8-13)16(22)19(2)3/h5-6,11,13H,4,7-10H2,1-3H3,(H,18,21). The maximum atomic E-state index is 11.9. The molecule has 126 valence electrons. The zero-order valence-electron chi connectivity index (χ0n) is 13.9. The molecule has 0 bridgehead atoms. The van der Waals surface area contributed by atoms with E-state index in [1.54, 1.807) is 44.2 Å². The number of urea groups is 1. The quantitative estimate of drug-likeness (QED) is 0.920. The lowest BCUT2D eigenvalue weighted by Gasteiger charge is -2.33. The molecule has 1 aliphatic heterocycles. The first kappa shape index (κ1) is 17.1. The molecular weight excluding hydrogens is 296 g/mol. The summed E-state index contributed by atoms with van der Waals surface area (Å²) in [4.78, 5) is 30.8. The van der Waals surface area contributed by atoms with Gasteiger partial charge in [0.1, 0.15) is 6.10 Å². The molecule has 1 N–H and O–H groups in total. The van der Waals surface area contributed by atoms with Crippen LogP contribution in [0.4, 0.5) is 10.5 Å². The summed E-state index contributed by atoms with van der Waals surface area (Å²) in [6, 6.07) is 3.57. The number of ether oxygens (including phenoxy) is 1. The highest BCUT2D eigenvalue weighted by atomic mass is 16.5. The lowest BCUT2D eigenvalue weighted by Crippen LogP contribution is -2.46. The minimum absolute atomic E-state index is 0.0394. The Morgan fingerprint density at radius 2 is 2.04 bits per heavy atom. The zero-order chi connectivity index (χ0) is 16.8. The van der Waals surface area contributed by atoms with Crippen LogP contribution in [-0.4, -0.2) is 60.0 Å². The normalized spacial score (nSPS) is 15.2. The van der Waals surface area contributed by atoms with Gasteiger partial charge in [0.25, 0.3) is 0 Å². The number of piperidine rings is 1. The molecule has 7 nitrogen and oxygen atoms in total. The fraction of sp³-hybridized carbons (Fsp3) is 0.562. The Morgan fingerprint density at radius 3 is 2.57 bits per heavy atom. The van der Waals surface area contributed by atoms with E-state index >= 15 is 0 Å². The lowest BCUT2D eigenvalue weighted by molar-refractivity contribution is -0.115. The van der Waals surface area contributed by atoms with Crippen LogP contribution in [0.5, 0.6) is 5.88 Å². The van der Waals surface area contributed by atoms with Crippen molar-refractivity contribution in [2.75, 3.05) is 32.5 Å². The van der Waals surface area contributed by atoms with Crippen molar-refractivity contribution < 1.29 is 14.3 Å². The molecule has 2 rings (SSSR count). The maximum absolute atomic E-state index is 11.9. The second kappa shape index (κ2) is 7.80. The number of aromatic nitrogens is 1. The largest absolute Gasteiger partial charge is 0.474 e. The number of anilines is 1. The van der Waals surface area contributed by atoms with Gasteiger partial charge in [0.2, 0.25) is 11.8 Å². The Hall–Kier alpha value is -2.31. The van der Waals surface area contributed by atoms with Crippen LogP contribution >= 0.6 is 0 Å². The van der Waals surface area contributed by atoms with Gasteiger partial charge in [0.05, 0.1) is 11.9 Å². The summed E-state index contributed by atoms with van der Waals surface area (Å²) in [5.74, 6) is 0.496. The van der Waals surface area contributed by atoms with E-state index in [2.05, 4.69) is 10.3 Å². The molecule has 1 aliphatic rings. The van der Waals surface area contributed by atoms with Crippen molar-refractivity contribution in [3.8, 4) is 5.88 Å². The van der Waals surface area contributed by atoms with E-state index in [0.717, 1.165) is 12.8 Å². The smallest absolute Gasteiger partial charge is 0.319 e. The Labute approximate surface area is 136 Å². The molecular formula is C16H24N4O3. The van der Waals surface area contributed by atoms with Crippen molar-refractivity contribution in [2.45, 2.75) is 32.3 Å². The van der Waals surface area contributed by atoms with Gasteiger partial charge in [0, 0.05) is 52.5 Å². The van der Waals surface area contributed by atoms with Gasteiger partial charge in [-0.25, -0.2) is 9.78 Å². The Kier molecular flexibility index (Phi) is 5.78. The van der Waals surface area contributed by atoms with Gasteiger partial charge >= 0.3 is 6.03 Å². The van der Waals surface area contributed by atoms with Gasteiger partial charge in [-0.1, -0.05) is 6.92 Å². The van der Waals surface area contributed by atoms with E-state index in [1.807, 2.05) is 4.90 Å². The number of nitrogens with one attached hydrogen (secondary N) is 1. The van der Waals surface area contributed by atoms with Crippen LogP contribution < -0.4 is 10.1 Å². The van der Waals surface area contributed by atoms with Gasteiger partial charge in [0.15, 0.2) is 0 Å². The summed E-state index contributed by atoms with van der Waals surface area (Å²) in [5.41, 5.74) is 0.663. The molecule has 0 aromatic carbocycles. The van der Waals surface area contributed by atoms with E-state index < -0.39 is 0 Å². The zero-order valence-corrected chi connectivity index (χ0v) is 13.9. The molecule has 2 heterocycles. The maximum Gasteiger partial charge on any atom is 0.319 e.